The van der Waals surface area contributed by atoms with E-state index in [2.05, 4.69) is 0 Å². The molecule has 0 saturated heterocycles. The predicted octanol–water partition coefficient (Wildman–Crippen LogP) is 1.13. The third-order valence-electron chi connectivity index (χ3n) is 3.03. The molecule has 90 valence electrons. The van der Waals surface area contributed by atoms with Crippen LogP contribution in [-0.2, 0) is 11.2 Å². The Morgan fingerprint density at radius 1 is 1.29 bits per heavy atom. The molecule has 1 aromatic rings. The quantitative estimate of drug-likeness (QED) is 0.791. The number of hydrogen-bond acceptors (Lipinski definition) is 3. The summed E-state index contributed by atoms with van der Waals surface area (Å²) in [5, 5.41) is 0. The fourth-order valence-electron chi connectivity index (χ4n) is 2.04. The standard InChI is InChI=1S/C13H16N2O2/c1-2-9-4-5-11-10(8-9)12(16)13(17)15(11)7-3-6-14/h4-5,8H,2-3,6-7,14H2,1H3. The molecule has 0 fully saturated rings. The molecular formula is C13H16N2O2. The van der Waals surface area contributed by atoms with Crippen molar-refractivity contribution in [3.05, 3.63) is 29.3 Å². The van der Waals surface area contributed by atoms with Crippen molar-refractivity contribution in [3.8, 4) is 0 Å². The van der Waals surface area contributed by atoms with Crippen LogP contribution in [0.15, 0.2) is 18.2 Å². The van der Waals surface area contributed by atoms with Crippen LogP contribution in [0.3, 0.4) is 0 Å². The number of hydrogen-bond donors (Lipinski definition) is 1. The predicted molar refractivity (Wildman–Crippen MR) is 66.2 cm³/mol. The van der Waals surface area contributed by atoms with Gasteiger partial charge in [0.05, 0.1) is 11.3 Å². The highest BCUT2D eigenvalue weighted by atomic mass is 16.2. The molecule has 0 atom stereocenters. The number of Topliss-reactive ketones (excluding diaryl/α,β-unsaturated/α-hetero) is 1. The van der Waals surface area contributed by atoms with Gasteiger partial charge in [0.1, 0.15) is 0 Å². The van der Waals surface area contributed by atoms with E-state index in [4.69, 9.17) is 5.73 Å². The maximum Gasteiger partial charge on any atom is 0.299 e. The zero-order valence-electron chi connectivity index (χ0n) is 9.90. The molecule has 1 amide bonds. The zero-order valence-corrected chi connectivity index (χ0v) is 9.90. The Hall–Kier alpha value is -1.68. The number of carbonyl (C=O) groups is 2. The van der Waals surface area contributed by atoms with Crippen molar-refractivity contribution < 1.29 is 9.59 Å². The third kappa shape index (κ3) is 1.96. The summed E-state index contributed by atoms with van der Waals surface area (Å²) in [4.78, 5) is 25.2. The lowest BCUT2D eigenvalue weighted by atomic mass is 10.1. The normalized spacial score (nSPS) is 14.4. The first kappa shape index (κ1) is 11.8. The molecule has 2 N–H and O–H groups in total. The summed E-state index contributed by atoms with van der Waals surface area (Å²) in [5.74, 6) is -0.825. The number of fused-ring (bicyclic) bond motifs is 1. The lowest BCUT2D eigenvalue weighted by molar-refractivity contribution is -0.114. The molecule has 1 aliphatic heterocycles. The van der Waals surface area contributed by atoms with E-state index in [9.17, 15) is 9.59 Å². The largest absolute Gasteiger partial charge is 0.330 e. The molecular weight excluding hydrogens is 216 g/mol. The Balaban J connectivity index is 2.36. The van der Waals surface area contributed by atoms with Crippen LogP contribution in [-0.4, -0.2) is 24.8 Å². The molecule has 2 rings (SSSR count). The second-order valence-corrected chi connectivity index (χ2v) is 4.13. The number of carbonyl (C=O) groups excluding carboxylic acids is 2. The van der Waals surface area contributed by atoms with Gasteiger partial charge in [0.15, 0.2) is 0 Å². The van der Waals surface area contributed by atoms with Gasteiger partial charge < -0.3 is 10.6 Å². The second kappa shape index (κ2) is 4.67. The average Bonchev–Trinajstić information content (AvgIpc) is 2.60. The van der Waals surface area contributed by atoms with E-state index < -0.39 is 11.7 Å². The number of ketones is 1. The van der Waals surface area contributed by atoms with Crippen LogP contribution >= 0.6 is 0 Å². The Bertz CT molecular complexity index is 468. The van der Waals surface area contributed by atoms with Crippen LogP contribution in [0.25, 0.3) is 0 Å². The van der Waals surface area contributed by atoms with Crippen molar-refractivity contribution in [2.45, 2.75) is 19.8 Å². The van der Waals surface area contributed by atoms with Crippen LogP contribution in [0.2, 0.25) is 0 Å². The molecule has 0 radical (unpaired) electrons. The van der Waals surface area contributed by atoms with Gasteiger partial charge in [0.2, 0.25) is 0 Å². The topological polar surface area (TPSA) is 63.4 Å². The lowest BCUT2D eigenvalue weighted by Gasteiger charge is -2.15. The summed E-state index contributed by atoms with van der Waals surface area (Å²) in [6.07, 6.45) is 1.56. The van der Waals surface area contributed by atoms with Crippen LogP contribution in [0, 0.1) is 0 Å². The van der Waals surface area contributed by atoms with E-state index in [1.165, 1.54) is 4.90 Å². The molecule has 0 aromatic heterocycles. The van der Waals surface area contributed by atoms with Gasteiger partial charge in [0.25, 0.3) is 11.7 Å². The second-order valence-electron chi connectivity index (χ2n) is 4.13. The summed E-state index contributed by atoms with van der Waals surface area (Å²) in [5.41, 5.74) is 7.77. The fraction of sp³-hybridized carbons (Fsp3) is 0.385. The summed E-state index contributed by atoms with van der Waals surface area (Å²) in [6, 6.07) is 5.63. The Labute approximate surface area is 100 Å². The van der Waals surface area contributed by atoms with E-state index >= 15 is 0 Å². The van der Waals surface area contributed by atoms with Gasteiger partial charge in [-0.25, -0.2) is 0 Å². The smallest absolute Gasteiger partial charge is 0.299 e. The highest BCUT2D eigenvalue weighted by molar-refractivity contribution is 6.52. The molecule has 4 heteroatoms. The Kier molecular flexibility index (Phi) is 3.24. The van der Waals surface area contributed by atoms with Crippen LogP contribution < -0.4 is 10.6 Å². The van der Waals surface area contributed by atoms with Crippen molar-refractivity contribution in [2.24, 2.45) is 5.73 Å². The maximum atomic E-state index is 11.8. The van der Waals surface area contributed by atoms with E-state index in [0.717, 1.165) is 17.7 Å². The number of nitrogens with zero attached hydrogens (tertiary/aromatic N) is 1. The van der Waals surface area contributed by atoms with Crippen LogP contribution in [0.5, 0.6) is 0 Å². The van der Waals surface area contributed by atoms with Crippen molar-refractivity contribution in [3.63, 3.8) is 0 Å². The number of benzene rings is 1. The molecule has 0 spiro atoms. The fourth-order valence-corrected chi connectivity index (χ4v) is 2.04. The number of nitrogens with two attached hydrogens (primary N) is 1. The molecule has 1 aromatic carbocycles. The summed E-state index contributed by atoms with van der Waals surface area (Å²) in [6.45, 7) is 3.05. The van der Waals surface area contributed by atoms with Crippen molar-refractivity contribution in [2.75, 3.05) is 18.0 Å². The SMILES string of the molecule is CCc1ccc2c(c1)C(=O)C(=O)N2CCCN. The van der Waals surface area contributed by atoms with Crippen LogP contribution in [0.4, 0.5) is 5.69 Å². The number of rotatable bonds is 4. The summed E-state index contributed by atoms with van der Waals surface area (Å²) < 4.78 is 0. The van der Waals surface area contributed by atoms with Crippen LogP contribution in [0.1, 0.15) is 29.3 Å². The van der Waals surface area contributed by atoms with Crippen molar-refractivity contribution in [1.29, 1.82) is 0 Å². The highest BCUT2D eigenvalue weighted by Gasteiger charge is 2.35. The molecule has 0 saturated carbocycles. The molecule has 0 bridgehead atoms. The van der Waals surface area contributed by atoms with E-state index in [1.54, 1.807) is 0 Å². The first-order chi connectivity index (χ1) is 8.19. The molecule has 1 aliphatic rings. The van der Waals surface area contributed by atoms with E-state index in [1.807, 2.05) is 25.1 Å². The first-order valence-electron chi connectivity index (χ1n) is 5.88. The monoisotopic (exact) mass is 232 g/mol. The maximum absolute atomic E-state index is 11.8. The Morgan fingerprint density at radius 2 is 2.06 bits per heavy atom. The van der Waals surface area contributed by atoms with E-state index in [-0.39, 0.29) is 0 Å². The molecule has 0 aliphatic carbocycles. The van der Waals surface area contributed by atoms with Gasteiger partial charge in [-0.15, -0.1) is 0 Å². The summed E-state index contributed by atoms with van der Waals surface area (Å²) in [7, 11) is 0. The number of amides is 1. The number of anilines is 1. The summed E-state index contributed by atoms with van der Waals surface area (Å²) >= 11 is 0. The zero-order chi connectivity index (χ0) is 12.4. The minimum atomic E-state index is -0.429. The van der Waals surface area contributed by atoms with Gasteiger partial charge >= 0.3 is 0 Å². The van der Waals surface area contributed by atoms with Gasteiger partial charge in [-0.05, 0) is 37.1 Å². The van der Waals surface area contributed by atoms with Gasteiger partial charge in [-0.1, -0.05) is 13.0 Å². The van der Waals surface area contributed by atoms with Gasteiger partial charge in [-0.3, -0.25) is 9.59 Å². The minimum absolute atomic E-state index is 0.396. The first-order valence-corrected chi connectivity index (χ1v) is 5.88. The highest BCUT2D eigenvalue weighted by Crippen LogP contribution is 2.29. The van der Waals surface area contributed by atoms with Gasteiger partial charge in [-0.2, -0.15) is 0 Å². The van der Waals surface area contributed by atoms with Crippen molar-refractivity contribution in [1.82, 2.24) is 0 Å². The lowest BCUT2D eigenvalue weighted by Crippen LogP contribution is -2.31. The van der Waals surface area contributed by atoms with Gasteiger partial charge in [0, 0.05) is 6.54 Å². The minimum Gasteiger partial charge on any atom is -0.330 e. The molecule has 0 unspecified atom stereocenters. The molecule has 1 heterocycles. The Morgan fingerprint density at radius 3 is 2.71 bits per heavy atom. The molecule has 4 nitrogen and oxygen atoms in total. The third-order valence-corrected chi connectivity index (χ3v) is 3.03. The van der Waals surface area contributed by atoms with Crippen molar-refractivity contribution >= 4 is 17.4 Å². The average molecular weight is 232 g/mol. The molecule has 17 heavy (non-hydrogen) atoms. The number of aryl methyl sites for hydroxylation is 1. The van der Waals surface area contributed by atoms with E-state index in [0.29, 0.717) is 25.1 Å².